The molecule has 3 fully saturated rings. The Balaban J connectivity index is 0.000000228. The molecule has 0 unspecified atom stereocenters. The zero-order valence-corrected chi connectivity index (χ0v) is 18.8. The van der Waals surface area contributed by atoms with Gasteiger partial charge in [-0.3, -0.25) is 0 Å². The second kappa shape index (κ2) is 7.52. The molecule has 0 radical (unpaired) electrons. The number of benzene rings is 3. The van der Waals surface area contributed by atoms with Gasteiger partial charge in [-0.05, 0) is 33.4 Å². The summed E-state index contributed by atoms with van der Waals surface area (Å²) in [5.41, 5.74) is -0.489. The summed E-state index contributed by atoms with van der Waals surface area (Å²) in [5, 5.41) is 25.2. The average Bonchev–Trinajstić information content (AvgIpc) is 2.89. The number of hydrogen-bond donors (Lipinski definition) is 2. The minimum Gasteiger partial charge on any atom is -0.548 e. The first-order valence-electron chi connectivity index (χ1n) is 11.9. The summed E-state index contributed by atoms with van der Waals surface area (Å²) in [7, 11) is 0. The van der Waals surface area contributed by atoms with Crippen molar-refractivity contribution in [3.63, 3.8) is 0 Å². The van der Waals surface area contributed by atoms with Crippen molar-refractivity contribution in [2.75, 3.05) is 39.3 Å². The Labute approximate surface area is 198 Å². The maximum absolute atomic E-state index is 12.6. The third-order valence-electron chi connectivity index (χ3n) is 8.31. The molecule has 6 nitrogen and oxygen atoms in total. The molecular formula is C28H26N2O4. The standard InChI is InChI=1S/C22H14O4.C6H12N2/c23-19(24)21-13-7-1-2-8-14(13)22(20(25)26,17-11-5-3-9-15(17)21)18-12-6-4-10-16(18)21;1-2-8-5-3-7(1)4-6-8/h1-12H,(H,23,24)(H,25,26);1-6H2. The van der Waals surface area contributed by atoms with Crippen LogP contribution >= 0.6 is 0 Å². The first kappa shape index (κ1) is 21.1. The zero-order valence-electron chi connectivity index (χ0n) is 18.8. The van der Waals surface area contributed by atoms with Crippen molar-refractivity contribution in [1.29, 1.82) is 0 Å². The van der Waals surface area contributed by atoms with E-state index in [4.69, 9.17) is 0 Å². The lowest BCUT2D eigenvalue weighted by Gasteiger charge is -2.57. The van der Waals surface area contributed by atoms with Crippen molar-refractivity contribution in [3.8, 4) is 0 Å². The molecule has 172 valence electrons. The molecule has 0 atom stereocenters. The van der Waals surface area contributed by atoms with E-state index in [2.05, 4.69) is 0 Å². The number of carbonyl (C=O) groups excluding carboxylic acids is 2. The molecule has 34 heavy (non-hydrogen) atoms. The van der Waals surface area contributed by atoms with Gasteiger partial charge in [0.1, 0.15) is 39.3 Å². The molecule has 2 N–H and O–H groups in total. The van der Waals surface area contributed by atoms with E-state index in [1.54, 1.807) is 72.8 Å². The van der Waals surface area contributed by atoms with Crippen LogP contribution in [0.4, 0.5) is 0 Å². The topological polar surface area (TPSA) is 89.1 Å². The molecule has 3 saturated heterocycles. The molecule has 3 aromatic carbocycles. The van der Waals surface area contributed by atoms with Gasteiger partial charge >= 0.3 is 0 Å². The van der Waals surface area contributed by atoms with Gasteiger partial charge in [-0.1, -0.05) is 72.8 Å². The molecule has 3 heterocycles. The normalized spacial score (nSPS) is 29.2. The van der Waals surface area contributed by atoms with E-state index in [-0.39, 0.29) is 0 Å². The molecule has 6 aliphatic rings. The fourth-order valence-corrected chi connectivity index (χ4v) is 6.75. The number of piperazine rings is 3. The maximum Gasteiger partial charge on any atom is 0.127 e. The molecule has 3 aliphatic carbocycles. The smallest absolute Gasteiger partial charge is 0.127 e. The first-order chi connectivity index (χ1) is 16.5. The first-order valence-corrected chi connectivity index (χ1v) is 11.9. The monoisotopic (exact) mass is 454 g/mol. The van der Waals surface area contributed by atoms with Crippen molar-refractivity contribution < 1.29 is 29.6 Å². The van der Waals surface area contributed by atoms with Gasteiger partial charge in [-0.15, -0.1) is 0 Å². The van der Waals surface area contributed by atoms with E-state index in [0.717, 1.165) is 0 Å². The highest BCUT2D eigenvalue weighted by Gasteiger charge is 2.60. The van der Waals surface area contributed by atoms with E-state index < -0.39 is 22.8 Å². The van der Waals surface area contributed by atoms with Crippen LogP contribution in [-0.2, 0) is 20.4 Å². The Bertz CT molecular complexity index is 1080. The van der Waals surface area contributed by atoms with E-state index in [0.29, 0.717) is 33.4 Å². The minimum atomic E-state index is -1.54. The lowest BCUT2D eigenvalue weighted by atomic mass is 9.47. The lowest BCUT2D eigenvalue weighted by Crippen LogP contribution is -3.35. The largest absolute Gasteiger partial charge is 0.548 e. The van der Waals surface area contributed by atoms with Gasteiger partial charge in [0.15, 0.2) is 0 Å². The molecule has 0 aromatic heterocycles. The highest BCUT2D eigenvalue weighted by molar-refractivity contribution is 6.03. The third kappa shape index (κ3) is 2.52. The minimum absolute atomic E-state index is 0.432. The van der Waals surface area contributed by atoms with Gasteiger partial charge in [0.25, 0.3) is 0 Å². The quantitative estimate of drug-likeness (QED) is 0.440. The number of nitrogens with one attached hydrogen (secondary N) is 2. The maximum atomic E-state index is 12.6. The summed E-state index contributed by atoms with van der Waals surface area (Å²) in [6, 6.07) is 20.4. The van der Waals surface area contributed by atoms with Crippen LogP contribution in [0, 0.1) is 0 Å². The van der Waals surface area contributed by atoms with Crippen LogP contribution in [0.2, 0.25) is 0 Å². The second-order valence-electron chi connectivity index (χ2n) is 9.71. The molecular weight excluding hydrogens is 428 g/mol. The summed E-state index contributed by atoms with van der Waals surface area (Å²) in [5.74, 6) is -2.53. The Morgan fingerprint density at radius 3 is 0.853 bits per heavy atom. The Hall–Kier alpha value is -3.48. The SMILES string of the molecule is C1C[NH+]2CC[NH+]1CC2.O=C([O-])C12c3ccccc3C(C(=O)[O-])(c3ccccc31)c1ccccc12. The van der Waals surface area contributed by atoms with Crippen LogP contribution < -0.4 is 20.0 Å². The molecule has 4 bridgehead atoms. The van der Waals surface area contributed by atoms with Gasteiger partial charge in [-0.2, -0.15) is 0 Å². The van der Waals surface area contributed by atoms with E-state index in [1.807, 2.05) is 9.80 Å². The lowest BCUT2D eigenvalue weighted by molar-refractivity contribution is -1.06. The summed E-state index contributed by atoms with van der Waals surface area (Å²) in [6.07, 6.45) is 0. The number of hydrogen-bond acceptors (Lipinski definition) is 4. The molecule has 0 amide bonds. The van der Waals surface area contributed by atoms with Crippen molar-refractivity contribution >= 4 is 11.9 Å². The van der Waals surface area contributed by atoms with Crippen LogP contribution in [-0.4, -0.2) is 51.2 Å². The molecule has 9 rings (SSSR count). The van der Waals surface area contributed by atoms with Crippen LogP contribution in [0.1, 0.15) is 33.4 Å². The van der Waals surface area contributed by atoms with Crippen molar-refractivity contribution in [1.82, 2.24) is 0 Å². The average molecular weight is 455 g/mol. The third-order valence-corrected chi connectivity index (χ3v) is 8.31. The number of fused-ring (bicyclic) bond motifs is 3. The summed E-state index contributed by atoms with van der Waals surface area (Å²) >= 11 is 0. The number of aliphatic carboxylic acids is 2. The van der Waals surface area contributed by atoms with Crippen LogP contribution in [0.5, 0.6) is 0 Å². The van der Waals surface area contributed by atoms with Gasteiger partial charge in [0, 0.05) is 0 Å². The van der Waals surface area contributed by atoms with Gasteiger partial charge in [0.05, 0.1) is 22.8 Å². The van der Waals surface area contributed by atoms with Crippen LogP contribution in [0.25, 0.3) is 0 Å². The molecule has 3 aromatic rings. The summed E-state index contributed by atoms with van der Waals surface area (Å²) in [6.45, 7) is 8.64. The van der Waals surface area contributed by atoms with Crippen molar-refractivity contribution in [3.05, 3.63) is 106 Å². The number of carbonyl (C=O) groups is 2. The van der Waals surface area contributed by atoms with Crippen LogP contribution in [0.3, 0.4) is 0 Å². The number of carboxylic acid groups (broad SMARTS) is 2. The fraction of sp³-hybridized carbons (Fsp3) is 0.286. The number of rotatable bonds is 2. The molecule has 0 saturated carbocycles. The van der Waals surface area contributed by atoms with E-state index in [1.165, 1.54) is 39.3 Å². The predicted molar refractivity (Wildman–Crippen MR) is 120 cm³/mol. The van der Waals surface area contributed by atoms with E-state index in [9.17, 15) is 19.8 Å². The van der Waals surface area contributed by atoms with Gasteiger partial charge in [-0.25, -0.2) is 0 Å². The second-order valence-corrected chi connectivity index (χ2v) is 9.71. The van der Waals surface area contributed by atoms with Gasteiger partial charge < -0.3 is 29.6 Å². The Kier molecular flexibility index (Phi) is 4.66. The van der Waals surface area contributed by atoms with E-state index >= 15 is 0 Å². The zero-order chi connectivity index (χ0) is 23.5. The highest BCUT2D eigenvalue weighted by Crippen LogP contribution is 2.61. The Morgan fingerprint density at radius 1 is 0.500 bits per heavy atom. The van der Waals surface area contributed by atoms with Crippen molar-refractivity contribution in [2.45, 2.75) is 10.8 Å². The molecule has 0 spiro atoms. The number of carboxylic acids is 2. The molecule has 3 aliphatic heterocycles. The number of quaternary nitrogens is 2. The summed E-state index contributed by atoms with van der Waals surface area (Å²) < 4.78 is 0. The summed E-state index contributed by atoms with van der Waals surface area (Å²) in [4.78, 5) is 28.9. The van der Waals surface area contributed by atoms with Crippen LogP contribution in [0.15, 0.2) is 72.8 Å². The van der Waals surface area contributed by atoms with Crippen molar-refractivity contribution in [2.24, 2.45) is 0 Å². The fourth-order valence-electron chi connectivity index (χ4n) is 6.75. The predicted octanol–water partition coefficient (Wildman–Crippen LogP) is -2.73. The highest BCUT2D eigenvalue weighted by atomic mass is 16.4. The van der Waals surface area contributed by atoms with Gasteiger partial charge in [0.2, 0.25) is 0 Å². The molecule has 6 heteroatoms. The Morgan fingerprint density at radius 2 is 0.706 bits per heavy atom.